The van der Waals surface area contributed by atoms with Crippen LogP contribution < -0.4 is 24.3 Å². The SMILES string of the molecule is C#CCN(C(=O)[C@H](Cc1ccccc1)NC(=O)OCc1ccccc1)C(C(=O)N[C@@H](CC(=O)OC)CS(=O)(=O)Oc1ccc2c(c1)OCO2)C(C)(C)C. The normalized spacial score (nSPS) is 13.7. The average Bonchev–Trinajstić information content (AvgIpc) is 3.58. The van der Waals surface area contributed by atoms with Gasteiger partial charge in [0.25, 0.3) is 0 Å². The molecule has 0 aromatic heterocycles. The maximum atomic E-state index is 14.4. The molecule has 0 spiro atoms. The quantitative estimate of drug-likeness (QED) is 0.124. The van der Waals surface area contributed by atoms with Crippen LogP contribution in [0, 0.1) is 17.8 Å². The number of alkyl carbamates (subject to hydrolysis) is 1. The first-order valence-electron chi connectivity index (χ1n) is 16.6. The number of carbonyl (C=O) groups is 4. The molecule has 0 aliphatic carbocycles. The minimum absolute atomic E-state index is 0.0278. The number of ether oxygens (including phenoxy) is 4. The first-order valence-corrected chi connectivity index (χ1v) is 18.2. The van der Waals surface area contributed by atoms with Gasteiger partial charge in [0.15, 0.2) is 11.5 Å². The van der Waals surface area contributed by atoms with Crippen molar-refractivity contribution in [2.24, 2.45) is 5.41 Å². The van der Waals surface area contributed by atoms with Crippen molar-refractivity contribution in [3.63, 3.8) is 0 Å². The summed E-state index contributed by atoms with van der Waals surface area (Å²) < 4.78 is 52.5. The summed E-state index contributed by atoms with van der Waals surface area (Å²) in [5.74, 6) is -0.0983. The van der Waals surface area contributed by atoms with Crippen molar-refractivity contribution in [2.75, 3.05) is 26.2 Å². The van der Waals surface area contributed by atoms with Gasteiger partial charge in [0.2, 0.25) is 18.6 Å². The molecule has 0 radical (unpaired) electrons. The third kappa shape index (κ3) is 11.9. The van der Waals surface area contributed by atoms with E-state index in [0.29, 0.717) is 11.3 Å². The monoisotopic (exact) mass is 749 g/mol. The molecule has 15 heteroatoms. The van der Waals surface area contributed by atoms with Gasteiger partial charge < -0.3 is 38.7 Å². The Morgan fingerprint density at radius 2 is 1.57 bits per heavy atom. The van der Waals surface area contributed by atoms with Crippen LogP contribution in [0.4, 0.5) is 4.79 Å². The number of amides is 3. The van der Waals surface area contributed by atoms with Gasteiger partial charge in [0.05, 0.1) is 26.1 Å². The van der Waals surface area contributed by atoms with E-state index < -0.39 is 69.7 Å². The molecular weight excluding hydrogens is 706 g/mol. The van der Waals surface area contributed by atoms with E-state index in [1.807, 2.05) is 6.07 Å². The van der Waals surface area contributed by atoms with Gasteiger partial charge in [0, 0.05) is 12.5 Å². The Balaban J connectivity index is 1.59. The number of esters is 1. The number of hydrogen-bond acceptors (Lipinski definition) is 11. The second kappa shape index (κ2) is 18.1. The number of terminal acetylenes is 1. The van der Waals surface area contributed by atoms with Crippen molar-refractivity contribution in [1.29, 1.82) is 0 Å². The summed E-state index contributed by atoms with van der Waals surface area (Å²) in [5, 5.41) is 5.25. The minimum atomic E-state index is -4.44. The lowest BCUT2D eigenvalue weighted by molar-refractivity contribution is -0.146. The van der Waals surface area contributed by atoms with Crippen LogP contribution in [0.25, 0.3) is 0 Å². The molecule has 0 saturated heterocycles. The van der Waals surface area contributed by atoms with Gasteiger partial charge >= 0.3 is 22.2 Å². The fraction of sp³-hybridized carbons (Fsp3) is 0.368. The largest absolute Gasteiger partial charge is 0.469 e. The van der Waals surface area contributed by atoms with Gasteiger partial charge in [0.1, 0.15) is 30.2 Å². The van der Waals surface area contributed by atoms with E-state index in [4.69, 9.17) is 29.6 Å². The van der Waals surface area contributed by atoms with Crippen molar-refractivity contribution in [1.82, 2.24) is 15.5 Å². The highest BCUT2D eigenvalue weighted by Crippen LogP contribution is 2.35. The van der Waals surface area contributed by atoms with Crippen LogP contribution in [-0.2, 0) is 47.0 Å². The van der Waals surface area contributed by atoms with Gasteiger partial charge in [-0.25, -0.2) is 4.79 Å². The van der Waals surface area contributed by atoms with Gasteiger partial charge in [-0.2, -0.15) is 8.42 Å². The Morgan fingerprint density at radius 3 is 2.19 bits per heavy atom. The lowest BCUT2D eigenvalue weighted by Gasteiger charge is -2.40. The number of fused-ring (bicyclic) bond motifs is 1. The number of rotatable bonds is 16. The zero-order chi connectivity index (χ0) is 38.6. The molecular formula is C38H43N3O11S. The van der Waals surface area contributed by atoms with Crippen molar-refractivity contribution in [3.8, 4) is 29.6 Å². The third-order valence-corrected chi connectivity index (χ3v) is 9.23. The molecule has 282 valence electrons. The van der Waals surface area contributed by atoms with E-state index in [-0.39, 0.29) is 37.9 Å². The molecule has 53 heavy (non-hydrogen) atoms. The number of carbonyl (C=O) groups excluding carboxylic acids is 4. The van der Waals surface area contributed by atoms with E-state index in [0.717, 1.165) is 17.6 Å². The van der Waals surface area contributed by atoms with Crippen LogP contribution in [-0.4, -0.2) is 81.5 Å². The predicted octanol–water partition coefficient (Wildman–Crippen LogP) is 3.59. The highest BCUT2D eigenvalue weighted by Gasteiger charge is 2.42. The Kier molecular flexibility index (Phi) is 13.7. The number of nitrogens with one attached hydrogen (secondary N) is 2. The summed E-state index contributed by atoms with van der Waals surface area (Å²) >= 11 is 0. The van der Waals surface area contributed by atoms with E-state index in [1.54, 1.807) is 75.4 Å². The third-order valence-electron chi connectivity index (χ3n) is 7.97. The predicted molar refractivity (Wildman–Crippen MR) is 193 cm³/mol. The highest BCUT2D eigenvalue weighted by molar-refractivity contribution is 7.87. The molecule has 1 aliphatic heterocycles. The molecule has 3 aromatic carbocycles. The summed E-state index contributed by atoms with van der Waals surface area (Å²) in [6.07, 6.45) is 4.34. The van der Waals surface area contributed by atoms with Crippen LogP contribution in [0.3, 0.4) is 0 Å². The molecule has 3 atom stereocenters. The summed E-state index contributed by atoms with van der Waals surface area (Å²) in [7, 11) is -3.32. The molecule has 3 aromatic rings. The molecule has 0 saturated carbocycles. The number of benzene rings is 3. The maximum absolute atomic E-state index is 14.4. The van der Waals surface area contributed by atoms with Crippen molar-refractivity contribution in [2.45, 2.75) is 58.3 Å². The molecule has 14 nitrogen and oxygen atoms in total. The Labute approximate surface area is 309 Å². The Morgan fingerprint density at radius 1 is 0.925 bits per heavy atom. The second-order valence-electron chi connectivity index (χ2n) is 13.2. The molecule has 2 N–H and O–H groups in total. The van der Waals surface area contributed by atoms with E-state index in [2.05, 4.69) is 16.6 Å². The summed E-state index contributed by atoms with van der Waals surface area (Å²) in [5.41, 5.74) is 0.439. The van der Waals surface area contributed by atoms with Gasteiger partial charge in [-0.1, -0.05) is 87.4 Å². The standard InChI is InChI=1S/C38H43N3O11S/c1-6-19-41(36(44)30(20-26-13-9-7-10-14-26)40-37(45)49-23-27-15-11-8-12-16-27)34(38(2,3)4)35(43)39-28(21-33(42)48-5)24-53(46,47)52-29-17-18-31-32(22-29)51-25-50-31/h1,7-18,22,28,30,34H,19-21,23-25H2,2-5H3,(H,39,43)(H,40,45)/t28-,30-,34?/m0/s1. The first kappa shape index (κ1) is 40.0. The van der Waals surface area contributed by atoms with E-state index in [9.17, 15) is 27.6 Å². The summed E-state index contributed by atoms with van der Waals surface area (Å²) in [6, 6.07) is 18.2. The fourth-order valence-electron chi connectivity index (χ4n) is 5.63. The van der Waals surface area contributed by atoms with Gasteiger partial charge in [-0.15, -0.1) is 6.42 Å². The van der Waals surface area contributed by atoms with E-state index in [1.165, 1.54) is 18.2 Å². The molecule has 3 amide bonds. The molecule has 1 heterocycles. The van der Waals surface area contributed by atoms with Crippen molar-refractivity contribution < 1.29 is 50.7 Å². The minimum Gasteiger partial charge on any atom is -0.469 e. The fourth-order valence-corrected chi connectivity index (χ4v) is 6.79. The van der Waals surface area contributed by atoms with Crippen LogP contribution in [0.5, 0.6) is 17.2 Å². The summed E-state index contributed by atoms with van der Waals surface area (Å²) in [6.45, 7) is 4.63. The number of methoxy groups -OCH3 is 1. The van der Waals surface area contributed by atoms with Crippen LogP contribution >= 0.6 is 0 Å². The Hall–Kier alpha value is -5.75. The molecule has 0 bridgehead atoms. The summed E-state index contributed by atoms with van der Waals surface area (Å²) in [4.78, 5) is 55.3. The van der Waals surface area contributed by atoms with Gasteiger partial charge in [-0.3, -0.25) is 14.4 Å². The highest BCUT2D eigenvalue weighted by atomic mass is 32.2. The average molecular weight is 750 g/mol. The van der Waals surface area contributed by atoms with Crippen LogP contribution in [0.1, 0.15) is 38.3 Å². The Bertz CT molecular complexity index is 1890. The first-order chi connectivity index (χ1) is 25.2. The number of nitrogens with zero attached hydrogens (tertiary/aromatic N) is 1. The van der Waals surface area contributed by atoms with Crippen LogP contribution in [0.15, 0.2) is 78.9 Å². The lowest BCUT2D eigenvalue weighted by Crippen LogP contribution is -2.61. The lowest BCUT2D eigenvalue weighted by atomic mass is 9.84. The maximum Gasteiger partial charge on any atom is 0.408 e. The van der Waals surface area contributed by atoms with Crippen molar-refractivity contribution in [3.05, 3.63) is 90.0 Å². The number of hydrogen-bond donors (Lipinski definition) is 2. The zero-order valence-electron chi connectivity index (χ0n) is 29.9. The molecule has 1 aliphatic rings. The molecule has 0 fully saturated rings. The van der Waals surface area contributed by atoms with E-state index >= 15 is 0 Å². The molecule has 1 unspecified atom stereocenters. The van der Waals surface area contributed by atoms with Crippen LogP contribution in [0.2, 0.25) is 0 Å². The second-order valence-corrected chi connectivity index (χ2v) is 14.8. The van der Waals surface area contributed by atoms with Crippen molar-refractivity contribution >= 4 is 34.0 Å². The molecule has 4 rings (SSSR count). The smallest absolute Gasteiger partial charge is 0.408 e. The van der Waals surface area contributed by atoms with Gasteiger partial charge in [-0.05, 0) is 28.7 Å². The topological polar surface area (TPSA) is 176 Å². The zero-order valence-corrected chi connectivity index (χ0v) is 30.7.